The van der Waals surface area contributed by atoms with Gasteiger partial charge >= 0.3 is 0 Å². The van der Waals surface area contributed by atoms with Crippen LogP contribution in [-0.4, -0.2) is 57.8 Å². The van der Waals surface area contributed by atoms with Gasteiger partial charge in [-0.1, -0.05) is 0 Å². The Balaban J connectivity index is 1.41. The van der Waals surface area contributed by atoms with E-state index in [2.05, 4.69) is 15.4 Å². The highest BCUT2D eigenvalue weighted by molar-refractivity contribution is 5.93. The first-order valence-electron chi connectivity index (χ1n) is 10.2. The van der Waals surface area contributed by atoms with Gasteiger partial charge in [0.1, 0.15) is 12.4 Å². The van der Waals surface area contributed by atoms with E-state index in [-0.39, 0.29) is 18.4 Å². The third-order valence-corrected chi connectivity index (χ3v) is 5.57. The molecule has 3 aromatic rings. The van der Waals surface area contributed by atoms with Crippen LogP contribution in [0, 0.1) is 12.8 Å². The number of carbonyl (C=O) groups is 1. The Hall–Kier alpha value is -3.00. The van der Waals surface area contributed by atoms with Gasteiger partial charge in [-0.25, -0.2) is 8.91 Å². The molecule has 8 heteroatoms. The monoisotopic (exact) mass is 409 g/mol. The van der Waals surface area contributed by atoms with Crippen molar-refractivity contribution in [1.82, 2.24) is 19.5 Å². The first kappa shape index (κ1) is 19.0. The summed E-state index contributed by atoms with van der Waals surface area (Å²) in [5.74, 6) is 1.25. The van der Waals surface area contributed by atoms with Crippen LogP contribution in [0.25, 0.3) is 16.6 Å². The lowest BCUT2D eigenvalue weighted by atomic mass is 9.98. The van der Waals surface area contributed by atoms with Crippen molar-refractivity contribution < 1.29 is 13.9 Å². The zero-order valence-corrected chi connectivity index (χ0v) is 17.1. The SMILES string of the molecule is Cc1cc(-c2ccn3nc(NC(=O)C4CC4)cc3c2)c(OCC2(F)CN(C)C2)cn1. The summed E-state index contributed by atoms with van der Waals surface area (Å²) in [6.07, 6.45) is 5.39. The number of nitrogens with zero attached hydrogens (tertiary/aromatic N) is 4. The summed E-state index contributed by atoms with van der Waals surface area (Å²) in [7, 11) is 1.89. The first-order chi connectivity index (χ1) is 14.4. The molecule has 7 nitrogen and oxygen atoms in total. The summed E-state index contributed by atoms with van der Waals surface area (Å²) in [6.45, 7) is 2.66. The topological polar surface area (TPSA) is 71.8 Å². The molecule has 30 heavy (non-hydrogen) atoms. The van der Waals surface area contributed by atoms with Crippen LogP contribution in [0.4, 0.5) is 10.2 Å². The van der Waals surface area contributed by atoms with E-state index in [0.717, 1.165) is 35.2 Å². The Morgan fingerprint density at radius 3 is 2.87 bits per heavy atom. The molecular weight excluding hydrogens is 385 g/mol. The average molecular weight is 409 g/mol. The minimum absolute atomic E-state index is 0.00134. The van der Waals surface area contributed by atoms with Crippen molar-refractivity contribution in [3.8, 4) is 16.9 Å². The van der Waals surface area contributed by atoms with Gasteiger partial charge in [0.2, 0.25) is 5.91 Å². The number of halogens is 1. The maximum atomic E-state index is 14.6. The summed E-state index contributed by atoms with van der Waals surface area (Å²) in [5.41, 5.74) is 2.15. The number of fused-ring (bicyclic) bond motifs is 1. The maximum Gasteiger partial charge on any atom is 0.228 e. The van der Waals surface area contributed by atoms with Gasteiger partial charge in [-0.15, -0.1) is 0 Å². The van der Waals surface area contributed by atoms with E-state index in [1.54, 1.807) is 10.7 Å². The Kier molecular flexibility index (Phi) is 4.47. The van der Waals surface area contributed by atoms with Gasteiger partial charge in [-0.2, -0.15) is 5.10 Å². The number of rotatable bonds is 6. The number of aryl methyl sites for hydroxylation is 1. The number of alkyl halides is 1. The van der Waals surface area contributed by atoms with Gasteiger partial charge < -0.3 is 10.1 Å². The number of amides is 1. The molecule has 0 atom stereocenters. The summed E-state index contributed by atoms with van der Waals surface area (Å²) < 4.78 is 22.2. The molecule has 0 aromatic carbocycles. The lowest BCUT2D eigenvalue weighted by Gasteiger charge is -2.41. The fourth-order valence-corrected chi connectivity index (χ4v) is 3.90. The quantitative estimate of drug-likeness (QED) is 0.678. The number of ether oxygens (including phenoxy) is 1. The highest BCUT2D eigenvalue weighted by atomic mass is 19.1. The van der Waals surface area contributed by atoms with Crippen LogP contribution < -0.4 is 10.1 Å². The van der Waals surface area contributed by atoms with E-state index in [4.69, 9.17) is 4.74 Å². The molecule has 0 radical (unpaired) electrons. The largest absolute Gasteiger partial charge is 0.488 e. The maximum absolute atomic E-state index is 14.6. The van der Waals surface area contributed by atoms with Gasteiger partial charge in [0.05, 0.1) is 11.7 Å². The van der Waals surface area contributed by atoms with Crippen molar-refractivity contribution in [3.63, 3.8) is 0 Å². The van der Waals surface area contributed by atoms with Gasteiger partial charge in [0, 0.05) is 42.5 Å². The minimum atomic E-state index is -1.32. The van der Waals surface area contributed by atoms with Crippen molar-refractivity contribution in [2.24, 2.45) is 5.92 Å². The number of hydrogen-bond donors (Lipinski definition) is 1. The van der Waals surface area contributed by atoms with Gasteiger partial charge in [-0.3, -0.25) is 14.7 Å². The molecule has 156 valence electrons. The van der Waals surface area contributed by atoms with Gasteiger partial charge in [0.15, 0.2) is 11.5 Å². The number of hydrogen-bond acceptors (Lipinski definition) is 5. The van der Waals surface area contributed by atoms with Gasteiger partial charge in [-0.05, 0) is 50.6 Å². The molecule has 2 fully saturated rings. The number of nitrogens with one attached hydrogen (secondary N) is 1. The van der Waals surface area contributed by atoms with Crippen molar-refractivity contribution >= 4 is 17.2 Å². The van der Waals surface area contributed by atoms with Gasteiger partial charge in [0.25, 0.3) is 0 Å². The Morgan fingerprint density at radius 2 is 2.13 bits per heavy atom. The molecular formula is C22H24FN5O2. The number of likely N-dealkylation sites (tertiary alicyclic amines) is 1. The molecule has 3 aromatic heterocycles. The second-order valence-electron chi connectivity index (χ2n) is 8.51. The summed E-state index contributed by atoms with van der Waals surface area (Å²) >= 11 is 0. The highest BCUT2D eigenvalue weighted by Crippen LogP contribution is 2.34. The normalized spacial score (nSPS) is 18.2. The van der Waals surface area contributed by atoms with E-state index in [1.807, 2.05) is 49.3 Å². The smallest absolute Gasteiger partial charge is 0.228 e. The lowest BCUT2D eigenvalue weighted by molar-refractivity contribution is -0.117. The predicted molar refractivity (Wildman–Crippen MR) is 111 cm³/mol. The first-order valence-corrected chi connectivity index (χ1v) is 10.2. The van der Waals surface area contributed by atoms with E-state index in [0.29, 0.717) is 24.7 Å². The van der Waals surface area contributed by atoms with E-state index < -0.39 is 5.67 Å². The molecule has 0 unspecified atom stereocenters. The molecule has 1 amide bonds. The lowest BCUT2D eigenvalue weighted by Crippen LogP contribution is -2.60. The molecule has 0 spiro atoms. The molecule has 0 bridgehead atoms. The molecule has 1 saturated carbocycles. The van der Waals surface area contributed by atoms with Crippen LogP contribution in [0.15, 0.2) is 36.7 Å². The molecule has 2 aliphatic rings. The average Bonchev–Trinajstić information content (AvgIpc) is 3.46. The van der Waals surface area contributed by atoms with Crippen molar-refractivity contribution in [2.75, 3.05) is 32.1 Å². The number of carbonyl (C=O) groups excluding carboxylic acids is 1. The minimum Gasteiger partial charge on any atom is -0.488 e. The molecule has 1 aliphatic heterocycles. The van der Waals surface area contributed by atoms with Crippen LogP contribution in [0.3, 0.4) is 0 Å². The van der Waals surface area contributed by atoms with Crippen LogP contribution in [-0.2, 0) is 4.79 Å². The zero-order chi connectivity index (χ0) is 20.9. The Bertz CT molecular complexity index is 1120. The molecule has 1 aliphatic carbocycles. The van der Waals surface area contributed by atoms with Crippen molar-refractivity contribution in [2.45, 2.75) is 25.4 Å². The van der Waals surface area contributed by atoms with Crippen LogP contribution in [0.5, 0.6) is 5.75 Å². The van der Waals surface area contributed by atoms with Crippen LogP contribution >= 0.6 is 0 Å². The summed E-state index contributed by atoms with van der Waals surface area (Å²) in [5, 5.41) is 7.29. The second-order valence-corrected chi connectivity index (χ2v) is 8.51. The summed E-state index contributed by atoms with van der Waals surface area (Å²) in [4.78, 5) is 18.3. The predicted octanol–water partition coefficient (Wildman–Crippen LogP) is 3.09. The fourth-order valence-electron chi connectivity index (χ4n) is 3.90. The second kappa shape index (κ2) is 7.05. The third kappa shape index (κ3) is 3.75. The molecule has 4 heterocycles. The van der Waals surface area contributed by atoms with Crippen LogP contribution in [0.2, 0.25) is 0 Å². The van der Waals surface area contributed by atoms with Crippen molar-refractivity contribution in [3.05, 3.63) is 42.4 Å². The Morgan fingerprint density at radius 1 is 1.33 bits per heavy atom. The molecule has 1 N–H and O–H groups in total. The zero-order valence-electron chi connectivity index (χ0n) is 17.1. The van der Waals surface area contributed by atoms with E-state index in [1.165, 1.54) is 0 Å². The number of anilines is 1. The summed E-state index contributed by atoms with van der Waals surface area (Å²) in [6, 6.07) is 7.68. The van der Waals surface area contributed by atoms with E-state index in [9.17, 15) is 9.18 Å². The fraction of sp³-hybridized carbons (Fsp3) is 0.409. The number of pyridine rings is 2. The van der Waals surface area contributed by atoms with Crippen LogP contribution in [0.1, 0.15) is 18.5 Å². The van der Waals surface area contributed by atoms with Crippen molar-refractivity contribution in [1.29, 1.82) is 0 Å². The molecule has 1 saturated heterocycles. The molecule has 5 rings (SSSR count). The van der Waals surface area contributed by atoms with E-state index >= 15 is 0 Å². The third-order valence-electron chi connectivity index (χ3n) is 5.57. The highest BCUT2D eigenvalue weighted by Gasteiger charge is 2.42. The number of aromatic nitrogens is 3. The Labute approximate surface area is 173 Å². The standard InChI is InChI=1S/C22H24FN5O2/c1-14-7-18(19(10-24-14)30-13-22(23)11-27(2)12-22)16-5-6-28-17(8-16)9-20(26-28)25-21(29)15-3-4-15/h5-10,15H,3-4,11-13H2,1-2H3,(H,25,26,29).